The number of hydrogen-bond donors (Lipinski definition) is 2. The number of carbonyl (C=O) groups excluding carboxylic acids is 2. The molecule has 5 rings (SSSR count). The maximum atomic E-state index is 13.3. The maximum absolute atomic E-state index is 13.3. The van der Waals surface area contributed by atoms with Gasteiger partial charge in [0.1, 0.15) is 6.61 Å². The molecule has 2 amide bonds. The lowest BCUT2D eigenvalue weighted by Crippen LogP contribution is -2.46. The second kappa shape index (κ2) is 9.36. The molecular weight excluding hydrogens is 444 g/mol. The van der Waals surface area contributed by atoms with Gasteiger partial charge in [-0.3, -0.25) is 9.59 Å². The molecule has 2 atom stereocenters. The van der Waals surface area contributed by atoms with Crippen LogP contribution in [-0.4, -0.2) is 54.2 Å². The Bertz CT molecular complexity index is 1100. The topological polar surface area (TPSA) is 95.9 Å². The van der Waals surface area contributed by atoms with Crippen molar-refractivity contribution in [3.63, 3.8) is 0 Å². The molecule has 0 radical (unpaired) electrons. The number of carbonyl (C=O) groups is 3. The summed E-state index contributed by atoms with van der Waals surface area (Å²) in [5.74, 6) is -1.08. The molecule has 184 valence electrons. The van der Waals surface area contributed by atoms with Crippen LogP contribution in [0.5, 0.6) is 0 Å². The van der Waals surface area contributed by atoms with Crippen LogP contribution in [0.2, 0.25) is 0 Å². The van der Waals surface area contributed by atoms with Crippen LogP contribution in [0.1, 0.15) is 49.7 Å². The molecule has 2 N–H and O–H groups in total. The number of aliphatic carboxylic acids is 1. The summed E-state index contributed by atoms with van der Waals surface area (Å²) in [5.41, 5.74) is 3.75. The van der Waals surface area contributed by atoms with Gasteiger partial charge in [0.25, 0.3) is 0 Å². The molecule has 2 aromatic rings. The zero-order chi connectivity index (χ0) is 24.6. The Labute approximate surface area is 205 Å². The number of rotatable bonds is 7. The fourth-order valence-corrected chi connectivity index (χ4v) is 5.70. The van der Waals surface area contributed by atoms with Crippen LogP contribution in [0.25, 0.3) is 11.1 Å². The van der Waals surface area contributed by atoms with E-state index in [1.54, 1.807) is 11.8 Å². The van der Waals surface area contributed by atoms with Gasteiger partial charge in [0.05, 0.1) is 11.3 Å². The third kappa shape index (κ3) is 4.40. The van der Waals surface area contributed by atoms with Crippen molar-refractivity contribution in [3.05, 3.63) is 59.7 Å². The van der Waals surface area contributed by atoms with Crippen molar-refractivity contribution in [2.24, 2.45) is 17.3 Å². The van der Waals surface area contributed by atoms with Crippen LogP contribution in [0.15, 0.2) is 48.5 Å². The monoisotopic (exact) mass is 476 g/mol. The Morgan fingerprint density at radius 1 is 1.09 bits per heavy atom. The van der Waals surface area contributed by atoms with Crippen LogP contribution < -0.4 is 5.32 Å². The van der Waals surface area contributed by atoms with Crippen LogP contribution in [0.3, 0.4) is 0 Å². The van der Waals surface area contributed by atoms with Crippen molar-refractivity contribution in [2.75, 3.05) is 26.2 Å². The van der Waals surface area contributed by atoms with Gasteiger partial charge in [0, 0.05) is 25.6 Å². The molecular formula is C28H32N2O5. The highest BCUT2D eigenvalue weighted by Gasteiger charge is 2.45. The van der Waals surface area contributed by atoms with Crippen molar-refractivity contribution in [3.8, 4) is 11.1 Å². The summed E-state index contributed by atoms with van der Waals surface area (Å²) in [4.78, 5) is 39.2. The first-order valence-electron chi connectivity index (χ1n) is 12.5. The van der Waals surface area contributed by atoms with Crippen LogP contribution in [0.4, 0.5) is 4.79 Å². The second-order valence-corrected chi connectivity index (χ2v) is 10.4. The fourth-order valence-electron chi connectivity index (χ4n) is 5.70. The van der Waals surface area contributed by atoms with E-state index in [1.807, 2.05) is 24.3 Å². The number of likely N-dealkylation sites (tertiary alicyclic amines) is 1. The van der Waals surface area contributed by atoms with E-state index in [2.05, 4.69) is 29.6 Å². The second-order valence-electron chi connectivity index (χ2n) is 10.4. The highest BCUT2D eigenvalue weighted by atomic mass is 16.5. The van der Waals surface area contributed by atoms with Gasteiger partial charge in [-0.2, -0.15) is 0 Å². The third-order valence-corrected chi connectivity index (χ3v) is 8.15. The molecule has 7 heteroatoms. The van der Waals surface area contributed by atoms with Gasteiger partial charge >= 0.3 is 12.1 Å². The van der Waals surface area contributed by atoms with Gasteiger partial charge in [0.2, 0.25) is 5.91 Å². The summed E-state index contributed by atoms with van der Waals surface area (Å²) < 4.78 is 5.64. The molecule has 0 spiro atoms. The van der Waals surface area contributed by atoms with E-state index in [0.29, 0.717) is 13.0 Å². The molecule has 0 bridgehead atoms. The zero-order valence-electron chi connectivity index (χ0n) is 20.0. The number of benzene rings is 2. The lowest BCUT2D eigenvalue weighted by molar-refractivity contribution is -0.147. The summed E-state index contributed by atoms with van der Waals surface area (Å²) in [6.45, 7) is 2.78. The molecule has 1 heterocycles. The Morgan fingerprint density at radius 3 is 2.26 bits per heavy atom. The average Bonchev–Trinajstić information content (AvgIpc) is 3.38. The first-order chi connectivity index (χ1) is 16.9. The number of nitrogens with one attached hydrogen (secondary N) is 1. The number of nitrogens with zero attached hydrogens (tertiary/aromatic N) is 1. The van der Waals surface area contributed by atoms with Crippen molar-refractivity contribution < 1.29 is 24.2 Å². The van der Waals surface area contributed by atoms with E-state index in [-0.39, 0.29) is 43.4 Å². The highest BCUT2D eigenvalue weighted by Crippen LogP contribution is 2.44. The van der Waals surface area contributed by atoms with Gasteiger partial charge in [-0.25, -0.2) is 4.79 Å². The lowest BCUT2D eigenvalue weighted by atomic mass is 9.75. The van der Waals surface area contributed by atoms with Crippen LogP contribution in [-0.2, 0) is 14.3 Å². The first-order valence-corrected chi connectivity index (χ1v) is 12.5. The molecule has 2 aromatic carbocycles. The molecule has 3 aliphatic rings. The standard InChI is InChI=1S/C28H32N2O5/c1-28(26(32)33)13-14-30(17-28)25(31)23(18-7-6-8-18)15-29-27(34)35-16-24-21-11-4-2-9-19(21)20-10-3-5-12-22(20)24/h2-5,9-12,18,23-24H,6-8,13-17H2,1H3,(H,29,34)(H,32,33). The van der Waals surface area contributed by atoms with E-state index < -0.39 is 17.5 Å². The Kier molecular flexibility index (Phi) is 6.26. The maximum Gasteiger partial charge on any atom is 0.407 e. The van der Waals surface area contributed by atoms with Crippen LogP contribution >= 0.6 is 0 Å². The number of alkyl carbamates (subject to hydrolysis) is 1. The van der Waals surface area contributed by atoms with Crippen molar-refractivity contribution in [1.29, 1.82) is 0 Å². The van der Waals surface area contributed by atoms with Crippen molar-refractivity contribution >= 4 is 18.0 Å². The highest BCUT2D eigenvalue weighted by molar-refractivity contribution is 5.83. The Morgan fingerprint density at radius 2 is 1.71 bits per heavy atom. The summed E-state index contributed by atoms with van der Waals surface area (Å²) >= 11 is 0. The number of hydrogen-bond acceptors (Lipinski definition) is 4. The van der Waals surface area contributed by atoms with Gasteiger partial charge in [-0.05, 0) is 54.4 Å². The molecule has 1 aliphatic heterocycles. The van der Waals surface area contributed by atoms with E-state index in [0.717, 1.165) is 30.4 Å². The Balaban J connectivity index is 1.20. The van der Waals surface area contributed by atoms with Gasteiger partial charge in [-0.15, -0.1) is 0 Å². The molecule has 1 saturated heterocycles. The predicted octanol–water partition coefficient (Wildman–Crippen LogP) is 4.26. The number of carboxylic acid groups (broad SMARTS) is 1. The summed E-state index contributed by atoms with van der Waals surface area (Å²) in [7, 11) is 0. The number of ether oxygens (including phenoxy) is 1. The molecule has 2 fully saturated rings. The van der Waals surface area contributed by atoms with E-state index in [1.165, 1.54) is 11.1 Å². The molecule has 2 unspecified atom stereocenters. The minimum absolute atomic E-state index is 0.0180. The quantitative estimate of drug-likeness (QED) is 0.622. The summed E-state index contributed by atoms with van der Waals surface area (Å²) in [6, 6.07) is 16.4. The number of amides is 2. The SMILES string of the molecule is CC1(C(=O)O)CCN(C(=O)C(CNC(=O)OCC2c3ccccc3-c3ccccc32)C2CCC2)C1. The lowest BCUT2D eigenvalue weighted by Gasteiger charge is -2.35. The van der Waals surface area contributed by atoms with Crippen LogP contribution in [0, 0.1) is 17.3 Å². The molecule has 1 saturated carbocycles. The van der Waals surface area contributed by atoms with E-state index >= 15 is 0 Å². The molecule has 7 nitrogen and oxygen atoms in total. The number of carboxylic acids is 1. The first kappa shape index (κ1) is 23.4. The smallest absolute Gasteiger partial charge is 0.407 e. The average molecular weight is 477 g/mol. The normalized spacial score (nSPS) is 22.1. The third-order valence-electron chi connectivity index (χ3n) is 8.15. The van der Waals surface area contributed by atoms with Gasteiger partial charge < -0.3 is 20.1 Å². The zero-order valence-corrected chi connectivity index (χ0v) is 20.0. The van der Waals surface area contributed by atoms with Gasteiger partial charge in [-0.1, -0.05) is 55.0 Å². The van der Waals surface area contributed by atoms with Crippen molar-refractivity contribution in [1.82, 2.24) is 10.2 Å². The largest absolute Gasteiger partial charge is 0.481 e. The summed E-state index contributed by atoms with van der Waals surface area (Å²) in [5, 5.41) is 12.3. The minimum atomic E-state index is -0.903. The summed E-state index contributed by atoms with van der Waals surface area (Å²) in [6.07, 6.45) is 2.90. The van der Waals surface area contributed by atoms with E-state index in [9.17, 15) is 19.5 Å². The molecule has 35 heavy (non-hydrogen) atoms. The number of fused-ring (bicyclic) bond motifs is 3. The predicted molar refractivity (Wildman–Crippen MR) is 131 cm³/mol. The van der Waals surface area contributed by atoms with Crippen molar-refractivity contribution in [2.45, 2.75) is 38.5 Å². The molecule has 2 aliphatic carbocycles. The van der Waals surface area contributed by atoms with E-state index in [4.69, 9.17) is 4.74 Å². The molecule has 0 aromatic heterocycles. The van der Waals surface area contributed by atoms with Gasteiger partial charge in [0.15, 0.2) is 0 Å². The Hall–Kier alpha value is -3.35. The minimum Gasteiger partial charge on any atom is -0.481 e. The fraction of sp³-hybridized carbons (Fsp3) is 0.464.